The first-order valence-electron chi connectivity index (χ1n) is 7.42. The van der Waals surface area contributed by atoms with E-state index in [-0.39, 0.29) is 11.5 Å². The van der Waals surface area contributed by atoms with E-state index < -0.39 is 17.7 Å². The van der Waals surface area contributed by atoms with E-state index in [2.05, 4.69) is 0 Å². The van der Waals surface area contributed by atoms with E-state index in [9.17, 15) is 18.0 Å². The van der Waals surface area contributed by atoms with Crippen LogP contribution in [0.5, 0.6) is 0 Å². The van der Waals surface area contributed by atoms with Gasteiger partial charge in [0.25, 0.3) is 0 Å². The number of alkyl halides is 3. The molecule has 1 heterocycles. The Morgan fingerprint density at radius 1 is 1.04 bits per heavy atom. The summed E-state index contributed by atoms with van der Waals surface area (Å²) in [7, 11) is 0. The first kappa shape index (κ1) is 15.6. The van der Waals surface area contributed by atoms with E-state index >= 15 is 0 Å². The lowest BCUT2D eigenvalue weighted by Crippen LogP contribution is -2.27. The minimum Gasteiger partial charge on any atom is -0.312 e. The molecule has 5 heteroatoms. The van der Waals surface area contributed by atoms with Crippen LogP contribution in [0, 0.1) is 6.92 Å². The number of carbonyl (C=O) groups excluding carboxylic acids is 1. The van der Waals surface area contributed by atoms with Gasteiger partial charge in [-0.1, -0.05) is 35.9 Å². The highest BCUT2D eigenvalue weighted by atomic mass is 19.4. The van der Waals surface area contributed by atoms with Gasteiger partial charge in [-0.15, -0.1) is 0 Å². The molecule has 2 nitrogen and oxygen atoms in total. The van der Waals surface area contributed by atoms with E-state index in [1.165, 1.54) is 12.1 Å². The summed E-state index contributed by atoms with van der Waals surface area (Å²) >= 11 is 0. The molecule has 0 N–H and O–H groups in total. The monoisotopic (exact) mass is 319 g/mol. The molecule has 0 aromatic heterocycles. The first-order chi connectivity index (χ1) is 10.9. The maximum Gasteiger partial charge on any atom is 0.416 e. The van der Waals surface area contributed by atoms with E-state index in [1.54, 1.807) is 11.0 Å². The third kappa shape index (κ3) is 2.96. The Morgan fingerprint density at radius 3 is 2.35 bits per heavy atom. The molecule has 1 saturated heterocycles. The summed E-state index contributed by atoms with van der Waals surface area (Å²) in [5.41, 5.74) is 1.15. The lowest BCUT2D eigenvalue weighted by Gasteiger charge is -2.19. The summed E-state index contributed by atoms with van der Waals surface area (Å²) in [6.45, 7) is 2.37. The van der Waals surface area contributed by atoms with E-state index in [4.69, 9.17) is 0 Å². The van der Waals surface area contributed by atoms with Gasteiger partial charge in [0.15, 0.2) is 0 Å². The molecule has 0 bridgehead atoms. The number of benzene rings is 2. The summed E-state index contributed by atoms with van der Waals surface area (Å²) in [5, 5.41) is 0. The van der Waals surface area contributed by atoms with Gasteiger partial charge < -0.3 is 4.90 Å². The molecule has 0 aliphatic carbocycles. The molecule has 1 amide bonds. The van der Waals surface area contributed by atoms with Crippen molar-refractivity contribution in [3.8, 4) is 0 Å². The van der Waals surface area contributed by atoms with E-state index in [1.807, 2.05) is 31.2 Å². The van der Waals surface area contributed by atoms with Crippen LogP contribution in [0.15, 0.2) is 48.5 Å². The Hall–Kier alpha value is -2.30. The van der Waals surface area contributed by atoms with E-state index in [0.717, 1.165) is 17.3 Å². The number of rotatable bonds is 2. The fraction of sp³-hybridized carbons (Fsp3) is 0.278. The number of halogens is 3. The average molecular weight is 319 g/mol. The van der Waals surface area contributed by atoms with Gasteiger partial charge in [0.05, 0.1) is 11.5 Å². The highest BCUT2D eigenvalue weighted by Crippen LogP contribution is 2.39. The molecular weight excluding hydrogens is 303 g/mol. The van der Waals surface area contributed by atoms with Crippen LogP contribution >= 0.6 is 0 Å². The van der Waals surface area contributed by atoms with Crippen LogP contribution in [0.4, 0.5) is 18.9 Å². The van der Waals surface area contributed by atoms with Gasteiger partial charge >= 0.3 is 6.18 Å². The van der Waals surface area contributed by atoms with Crippen LogP contribution in [0.25, 0.3) is 0 Å². The Kier molecular flexibility index (Phi) is 3.88. The standard InChI is InChI=1S/C18H16F3NO/c1-12-6-8-13(9-7-12)22-11-10-15(17(22)23)14-4-2-3-5-16(14)18(19,20)21/h2-9,15H,10-11H2,1H3. The van der Waals surface area contributed by atoms with Gasteiger partial charge in [0.1, 0.15) is 0 Å². The molecule has 1 aliphatic heterocycles. The third-order valence-electron chi connectivity index (χ3n) is 4.19. The van der Waals surface area contributed by atoms with Crippen LogP contribution in [-0.4, -0.2) is 12.5 Å². The highest BCUT2D eigenvalue weighted by Gasteiger charge is 2.40. The molecule has 0 radical (unpaired) electrons. The smallest absolute Gasteiger partial charge is 0.312 e. The summed E-state index contributed by atoms with van der Waals surface area (Å²) in [5.74, 6) is -1.01. The molecular formula is C18H16F3NO. The summed E-state index contributed by atoms with van der Waals surface area (Å²) in [6.07, 6.45) is -4.06. The van der Waals surface area contributed by atoms with Gasteiger partial charge in [-0.2, -0.15) is 13.2 Å². The van der Waals surface area contributed by atoms with Crippen LogP contribution < -0.4 is 4.90 Å². The van der Waals surface area contributed by atoms with Crippen molar-refractivity contribution in [2.45, 2.75) is 25.4 Å². The largest absolute Gasteiger partial charge is 0.416 e. The van der Waals surface area contributed by atoms with Crippen LogP contribution in [0.3, 0.4) is 0 Å². The van der Waals surface area contributed by atoms with Crippen LogP contribution in [0.2, 0.25) is 0 Å². The Morgan fingerprint density at radius 2 is 1.70 bits per heavy atom. The summed E-state index contributed by atoms with van der Waals surface area (Å²) in [6, 6.07) is 12.8. The van der Waals surface area contributed by atoms with Crippen molar-refractivity contribution in [2.24, 2.45) is 0 Å². The maximum atomic E-state index is 13.2. The normalized spacial score (nSPS) is 18.5. The third-order valence-corrected chi connectivity index (χ3v) is 4.19. The number of carbonyl (C=O) groups is 1. The number of aryl methyl sites for hydroxylation is 1. The molecule has 0 saturated carbocycles. The highest BCUT2D eigenvalue weighted by molar-refractivity contribution is 6.00. The number of amides is 1. The number of nitrogens with zero attached hydrogens (tertiary/aromatic N) is 1. The number of hydrogen-bond donors (Lipinski definition) is 0. The molecule has 1 unspecified atom stereocenters. The zero-order chi connectivity index (χ0) is 16.6. The van der Waals surface area contributed by atoms with E-state index in [0.29, 0.717) is 13.0 Å². The molecule has 120 valence electrons. The molecule has 0 spiro atoms. The molecule has 23 heavy (non-hydrogen) atoms. The van der Waals surface area contributed by atoms with Crippen LogP contribution in [-0.2, 0) is 11.0 Å². The fourth-order valence-electron chi connectivity index (χ4n) is 3.01. The second-order valence-electron chi connectivity index (χ2n) is 5.75. The Labute approximate surface area is 132 Å². The molecule has 3 rings (SSSR count). The van der Waals surface area contributed by atoms with Crippen molar-refractivity contribution in [1.82, 2.24) is 0 Å². The zero-order valence-corrected chi connectivity index (χ0v) is 12.6. The van der Waals surface area contributed by atoms with Crippen molar-refractivity contribution < 1.29 is 18.0 Å². The van der Waals surface area contributed by atoms with Gasteiger partial charge in [0.2, 0.25) is 5.91 Å². The van der Waals surface area contributed by atoms with Crippen LogP contribution in [0.1, 0.15) is 29.0 Å². The van der Waals surface area contributed by atoms with Crippen molar-refractivity contribution in [1.29, 1.82) is 0 Å². The topological polar surface area (TPSA) is 20.3 Å². The summed E-state index contributed by atoms with van der Waals surface area (Å²) in [4.78, 5) is 14.2. The maximum absolute atomic E-state index is 13.2. The van der Waals surface area contributed by atoms with Crippen molar-refractivity contribution in [3.05, 3.63) is 65.2 Å². The van der Waals surface area contributed by atoms with Crippen molar-refractivity contribution in [2.75, 3.05) is 11.4 Å². The fourth-order valence-corrected chi connectivity index (χ4v) is 3.01. The minimum absolute atomic E-state index is 0.0691. The second-order valence-corrected chi connectivity index (χ2v) is 5.75. The molecule has 1 atom stereocenters. The zero-order valence-electron chi connectivity index (χ0n) is 12.6. The SMILES string of the molecule is Cc1ccc(N2CCC(c3ccccc3C(F)(F)F)C2=O)cc1. The molecule has 2 aromatic carbocycles. The number of hydrogen-bond acceptors (Lipinski definition) is 1. The molecule has 2 aromatic rings. The molecule has 1 aliphatic rings. The van der Waals surface area contributed by atoms with Crippen molar-refractivity contribution in [3.63, 3.8) is 0 Å². The minimum atomic E-state index is -4.45. The number of anilines is 1. The predicted octanol–water partition coefficient (Wildman–Crippen LogP) is 4.53. The Balaban J connectivity index is 1.92. The van der Waals surface area contributed by atoms with Gasteiger partial charge in [0, 0.05) is 12.2 Å². The quantitative estimate of drug-likeness (QED) is 0.796. The Bertz CT molecular complexity index is 722. The second kappa shape index (κ2) is 5.72. The van der Waals surface area contributed by atoms with Crippen molar-refractivity contribution >= 4 is 11.6 Å². The lowest BCUT2D eigenvalue weighted by molar-refractivity contribution is -0.138. The van der Waals surface area contributed by atoms with Gasteiger partial charge in [-0.3, -0.25) is 4.79 Å². The average Bonchev–Trinajstić information content (AvgIpc) is 2.89. The predicted molar refractivity (Wildman–Crippen MR) is 82.3 cm³/mol. The van der Waals surface area contributed by atoms with Gasteiger partial charge in [-0.05, 0) is 37.1 Å². The van der Waals surface area contributed by atoms with Gasteiger partial charge in [-0.25, -0.2) is 0 Å². The lowest BCUT2D eigenvalue weighted by atomic mass is 9.92. The molecule has 1 fully saturated rings. The first-order valence-corrected chi connectivity index (χ1v) is 7.42. The summed E-state index contributed by atoms with van der Waals surface area (Å²) < 4.78 is 39.5.